The predicted molar refractivity (Wildman–Crippen MR) is 98.0 cm³/mol. The van der Waals surface area contributed by atoms with Crippen molar-refractivity contribution in [2.24, 2.45) is 11.8 Å². The molecule has 8 nitrogen and oxygen atoms in total. The number of fused-ring (bicyclic) bond motifs is 2. The SMILES string of the molecule is CCCCN1C(=O)C2C(c3ccc4c(c3)OCCO4)NC(C)(C(=O)O)C2C1=O. The minimum absolute atomic E-state index is 0.305. The molecule has 3 heterocycles. The van der Waals surface area contributed by atoms with Crippen LogP contribution in [0.3, 0.4) is 0 Å². The number of nitrogens with one attached hydrogen (secondary N) is 1. The van der Waals surface area contributed by atoms with Crippen molar-refractivity contribution >= 4 is 17.8 Å². The molecule has 2 saturated heterocycles. The molecule has 4 atom stereocenters. The van der Waals surface area contributed by atoms with Crippen LogP contribution in [0.5, 0.6) is 11.5 Å². The molecule has 2 fully saturated rings. The first-order chi connectivity index (χ1) is 13.4. The molecule has 2 N–H and O–H groups in total. The van der Waals surface area contributed by atoms with E-state index in [1.807, 2.05) is 6.92 Å². The zero-order valence-corrected chi connectivity index (χ0v) is 15.9. The first-order valence-electron chi connectivity index (χ1n) is 9.64. The van der Waals surface area contributed by atoms with E-state index in [0.29, 0.717) is 43.2 Å². The maximum atomic E-state index is 13.1. The Hall–Kier alpha value is -2.61. The van der Waals surface area contributed by atoms with Crippen molar-refractivity contribution in [1.82, 2.24) is 10.2 Å². The van der Waals surface area contributed by atoms with Crippen LogP contribution in [0.25, 0.3) is 0 Å². The van der Waals surface area contributed by atoms with E-state index in [-0.39, 0.29) is 5.91 Å². The Kier molecular flexibility index (Phi) is 4.53. The van der Waals surface area contributed by atoms with Crippen LogP contribution in [0.2, 0.25) is 0 Å². The molecule has 0 radical (unpaired) electrons. The highest BCUT2D eigenvalue weighted by Crippen LogP contribution is 2.49. The van der Waals surface area contributed by atoms with Gasteiger partial charge in [-0.2, -0.15) is 0 Å². The third-order valence-corrected chi connectivity index (χ3v) is 5.98. The molecule has 150 valence electrons. The van der Waals surface area contributed by atoms with Crippen molar-refractivity contribution in [2.45, 2.75) is 38.3 Å². The van der Waals surface area contributed by atoms with Crippen LogP contribution < -0.4 is 14.8 Å². The topological polar surface area (TPSA) is 105 Å². The van der Waals surface area contributed by atoms with Crippen LogP contribution >= 0.6 is 0 Å². The number of carboxylic acids is 1. The molecule has 0 aromatic heterocycles. The summed E-state index contributed by atoms with van der Waals surface area (Å²) in [6, 6.07) is 4.73. The maximum Gasteiger partial charge on any atom is 0.324 e. The lowest BCUT2D eigenvalue weighted by Crippen LogP contribution is -2.53. The number of carbonyl (C=O) groups excluding carboxylic acids is 2. The van der Waals surface area contributed by atoms with Crippen LogP contribution in [-0.2, 0) is 14.4 Å². The number of carbonyl (C=O) groups is 3. The summed E-state index contributed by atoms with van der Waals surface area (Å²) in [6.07, 6.45) is 1.54. The third-order valence-electron chi connectivity index (χ3n) is 5.98. The standard InChI is InChI=1S/C20H24N2O6/c1-3-4-7-22-17(23)14-15(18(22)24)20(2,19(25)26)21-16(14)11-5-6-12-13(10-11)28-9-8-27-12/h5-6,10,14-16,21H,3-4,7-9H2,1-2H3,(H,25,26). The van der Waals surface area contributed by atoms with Gasteiger partial charge in [-0.3, -0.25) is 24.6 Å². The number of rotatable bonds is 5. The van der Waals surface area contributed by atoms with E-state index in [0.717, 1.165) is 6.42 Å². The van der Waals surface area contributed by atoms with Crippen molar-refractivity contribution in [3.63, 3.8) is 0 Å². The summed E-state index contributed by atoms with van der Waals surface area (Å²) in [5, 5.41) is 12.9. The second-order valence-electron chi connectivity index (χ2n) is 7.72. The highest BCUT2D eigenvalue weighted by atomic mass is 16.6. The van der Waals surface area contributed by atoms with Gasteiger partial charge in [0.25, 0.3) is 0 Å². The van der Waals surface area contributed by atoms with Crippen LogP contribution in [0.4, 0.5) is 0 Å². The minimum Gasteiger partial charge on any atom is -0.486 e. The summed E-state index contributed by atoms with van der Waals surface area (Å²) >= 11 is 0. The smallest absolute Gasteiger partial charge is 0.324 e. The number of unbranched alkanes of at least 4 members (excludes halogenated alkanes) is 1. The average Bonchev–Trinajstić information content (AvgIpc) is 3.14. The largest absolute Gasteiger partial charge is 0.486 e. The van der Waals surface area contributed by atoms with Gasteiger partial charge in [0.1, 0.15) is 18.8 Å². The number of likely N-dealkylation sites (tertiary alicyclic amines) is 1. The summed E-state index contributed by atoms with van der Waals surface area (Å²) in [5.74, 6) is -2.36. The monoisotopic (exact) mass is 388 g/mol. The lowest BCUT2D eigenvalue weighted by molar-refractivity contribution is -0.150. The zero-order chi connectivity index (χ0) is 20.1. The summed E-state index contributed by atoms with van der Waals surface area (Å²) in [6.45, 7) is 4.68. The van der Waals surface area contributed by atoms with Gasteiger partial charge in [-0.1, -0.05) is 19.4 Å². The van der Waals surface area contributed by atoms with Gasteiger partial charge in [-0.05, 0) is 31.0 Å². The number of carboxylic acid groups (broad SMARTS) is 1. The molecule has 0 spiro atoms. The van der Waals surface area contributed by atoms with Crippen molar-refractivity contribution < 1.29 is 29.0 Å². The first-order valence-corrected chi connectivity index (χ1v) is 9.64. The molecule has 8 heteroatoms. The molecule has 1 aromatic carbocycles. The van der Waals surface area contributed by atoms with Gasteiger partial charge in [0.15, 0.2) is 11.5 Å². The van der Waals surface area contributed by atoms with Gasteiger partial charge in [0.05, 0.1) is 11.8 Å². The van der Waals surface area contributed by atoms with Gasteiger partial charge in [-0.15, -0.1) is 0 Å². The molecule has 4 unspecified atom stereocenters. The molecule has 0 aliphatic carbocycles. The normalized spacial score (nSPS) is 31.2. The molecule has 3 aliphatic rings. The Morgan fingerprint density at radius 2 is 1.96 bits per heavy atom. The minimum atomic E-state index is -1.52. The molecule has 3 aliphatic heterocycles. The second-order valence-corrected chi connectivity index (χ2v) is 7.72. The van der Waals surface area contributed by atoms with Crippen molar-refractivity contribution in [3.05, 3.63) is 23.8 Å². The number of ether oxygens (including phenoxy) is 2. The third kappa shape index (κ3) is 2.66. The molecular formula is C20H24N2O6. The molecule has 4 rings (SSSR count). The Balaban J connectivity index is 1.73. The molecule has 1 aromatic rings. The maximum absolute atomic E-state index is 13.1. The van der Waals surface area contributed by atoms with Gasteiger partial charge in [0.2, 0.25) is 11.8 Å². The number of amides is 2. The van der Waals surface area contributed by atoms with E-state index in [1.165, 1.54) is 11.8 Å². The van der Waals surface area contributed by atoms with Crippen LogP contribution in [0.15, 0.2) is 18.2 Å². The predicted octanol–water partition coefficient (Wildman–Crippen LogP) is 1.35. The number of hydrogen-bond donors (Lipinski definition) is 2. The number of hydrogen-bond acceptors (Lipinski definition) is 6. The molecular weight excluding hydrogens is 364 g/mol. The van der Waals surface area contributed by atoms with Gasteiger partial charge < -0.3 is 14.6 Å². The summed E-state index contributed by atoms with van der Waals surface area (Å²) in [7, 11) is 0. The highest BCUT2D eigenvalue weighted by Gasteiger charge is 2.66. The number of aliphatic carboxylic acids is 1. The lowest BCUT2D eigenvalue weighted by atomic mass is 9.80. The van der Waals surface area contributed by atoms with Crippen molar-refractivity contribution in [2.75, 3.05) is 19.8 Å². The Labute approximate surface area is 162 Å². The van der Waals surface area contributed by atoms with Crippen molar-refractivity contribution in [1.29, 1.82) is 0 Å². The summed E-state index contributed by atoms with van der Waals surface area (Å²) in [4.78, 5) is 39.4. The average molecular weight is 388 g/mol. The fourth-order valence-corrected chi connectivity index (χ4v) is 4.47. The molecule has 0 bridgehead atoms. The molecule has 28 heavy (non-hydrogen) atoms. The van der Waals surface area contributed by atoms with Crippen molar-refractivity contribution in [3.8, 4) is 11.5 Å². The second kappa shape index (κ2) is 6.77. The van der Waals surface area contributed by atoms with Crippen LogP contribution in [0.1, 0.15) is 38.3 Å². The quantitative estimate of drug-likeness (QED) is 0.734. The zero-order valence-electron chi connectivity index (χ0n) is 15.9. The van der Waals surface area contributed by atoms with E-state index < -0.39 is 35.3 Å². The van der Waals surface area contributed by atoms with E-state index in [2.05, 4.69) is 5.32 Å². The van der Waals surface area contributed by atoms with E-state index in [9.17, 15) is 19.5 Å². The van der Waals surface area contributed by atoms with Crippen LogP contribution in [-0.4, -0.2) is 53.1 Å². The summed E-state index contributed by atoms with van der Waals surface area (Å²) < 4.78 is 11.2. The van der Waals surface area contributed by atoms with E-state index >= 15 is 0 Å². The van der Waals surface area contributed by atoms with Gasteiger partial charge in [0, 0.05) is 12.6 Å². The molecule has 2 amide bonds. The first kappa shape index (κ1) is 18.7. The van der Waals surface area contributed by atoms with Crippen LogP contribution in [0, 0.1) is 11.8 Å². The fourth-order valence-electron chi connectivity index (χ4n) is 4.47. The Morgan fingerprint density at radius 1 is 1.25 bits per heavy atom. The van der Waals surface area contributed by atoms with E-state index in [1.54, 1.807) is 18.2 Å². The summed E-state index contributed by atoms with van der Waals surface area (Å²) in [5.41, 5.74) is -0.807. The highest BCUT2D eigenvalue weighted by molar-refractivity contribution is 6.09. The lowest BCUT2D eigenvalue weighted by Gasteiger charge is -2.27. The van der Waals surface area contributed by atoms with E-state index in [4.69, 9.17) is 9.47 Å². The number of nitrogens with zero attached hydrogens (tertiary/aromatic N) is 1. The Bertz CT molecular complexity index is 840. The molecule has 0 saturated carbocycles. The fraction of sp³-hybridized carbons (Fsp3) is 0.550. The number of benzene rings is 1. The Morgan fingerprint density at radius 3 is 2.64 bits per heavy atom. The number of imide groups is 1. The van der Waals surface area contributed by atoms with Gasteiger partial charge in [-0.25, -0.2) is 0 Å². The van der Waals surface area contributed by atoms with Gasteiger partial charge >= 0.3 is 5.97 Å².